The first-order valence-electron chi connectivity index (χ1n) is 6.96. The zero-order valence-corrected chi connectivity index (χ0v) is 11.1. The van der Waals surface area contributed by atoms with Crippen LogP contribution in [0.2, 0.25) is 0 Å². The van der Waals surface area contributed by atoms with E-state index in [9.17, 15) is 4.79 Å². The van der Waals surface area contributed by atoms with E-state index in [1.807, 2.05) is 11.0 Å². The molecule has 0 radical (unpaired) electrons. The van der Waals surface area contributed by atoms with Crippen molar-refractivity contribution in [3.05, 3.63) is 18.5 Å². The van der Waals surface area contributed by atoms with Gasteiger partial charge in [-0.1, -0.05) is 0 Å². The van der Waals surface area contributed by atoms with Gasteiger partial charge in [-0.15, -0.1) is 0 Å². The fourth-order valence-corrected chi connectivity index (χ4v) is 2.58. The number of carbonyl (C=O) groups excluding carboxylic acids is 1. The Kier molecular flexibility index (Phi) is 3.27. The Balaban J connectivity index is 1.57. The second-order valence-corrected chi connectivity index (χ2v) is 5.45. The van der Waals surface area contributed by atoms with E-state index in [0.29, 0.717) is 17.5 Å². The van der Waals surface area contributed by atoms with E-state index in [2.05, 4.69) is 9.88 Å². The highest BCUT2D eigenvalue weighted by Gasteiger charge is 2.28. The molecule has 5 nitrogen and oxygen atoms in total. The van der Waals surface area contributed by atoms with Gasteiger partial charge >= 0.3 is 0 Å². The Hall–Kier alpha value is -1.78. The first kappa shape index (κ1) is 12.3. The highest BCUT2D eigenvalue weighted by Crippen LogP contribution is 2.33. The van der Waals surface area contributed by atoms with Crippen LogP contribution in [-0.4, -0.2) is 42.0 Å². The summed E-state index contributed by atoms with van der Waals surface area (Å²) in [7, 11) is 0. The molecule has 0 bridgehead atoms. The molecule has 2 aliphatic rings. The van der Waals surface area contributed by atoms with Gasteiger partial charge in [-0.25, -0.2) is 0 Å². The highest BCUT2D eigenvalue weighted by atomic mass is 16.2. The smallest absolute Gasteiger partial charge is 0.222 e. The number of aromatic nitrogens is 1. The number of nitrogens with zero attached hydrogens (tertiary/aromatic N) is 3. The van der Waals surface area contributed by atoms with Crippen molar-refractivity contribution in [1.29, 1.82) is 0 Å². The molecule has 0 atom stereocenters. The molecule has 2 fully saturated rings. The van der Waals surface area contributed by atoms with Crippen molar-refractivity contribution in [3.63, 3.8) is 0 Å². The molecule has 1 aliphatic heterocycles. The van der Waals surface area contributed by atoms with Crippen LogP contribution in [0.4, 0.5) is 11.4 Å². The molecule has 1 aromatic rings. The number of hydrogen-bond acceptors (Lipinski definition) is 4. The third-order valence-electron chi connectivity index (χ3n) is 3.96. The third kappa shape index (κ3) is 2.80. The Morgan fingerprint density at radius 2 is 2.05 bits per heavy atom. The predicted octanol–water partition coefficient (Wildman–Crippen LogP) is 1.11. The second-order valence-electron chi connectivity index (χ2n) is 5.45. The van der Waals surface area contributed by atoms with Gasteiger partial charge in [0, 0.05) is 38.8 Å². The average Bonchev–Trinajstić information content (AvgIpc) is 3.23. The first-order valence-corrected chi connectivity index (χ1v) is 6.96. The number of amides is 1. The van der Waals surface area contributed by atoms with Crippen LogP contribution < -0.4 is 10.6 Å². The molecule has 0 unspecified atom stereocenters. The van der Waals surface area contributed by atoms with Gasteiger partial charge in [-0.2, -0.15) is 0 Å². The average molecular weight is 260 g/mol. The van der Waals surface area contributed by atoms with Crippen LogP contribution in [0.15, 0.2) is 18.5 Å². The zero-order valence-electron chi connectivity index (χ0n) is 11.1. The lowest BCUT2D eigenvalue weighted by molar-refractivity contribution is -0.131. The Morgan fingerprint density at radius 3 is 2.68 bits per heavy atom. The minimum absolute atomic E-state index is 0.324. The Morgan fingerprint density at radius 1 is 1.32 bits per heavy atom. The molecule has 19 heavy (non-hydrogen) atoms. The monoisotopic (exact) mass is 260 g/mol. The van der Waals surface area contributed by atoms with Crippen molar-refractivity contribution in [1.82, 2.24) is 9.88 Å². The van der Waals surface area contributed by atoms with Gasteiger partial charge in [-0.05, 0) is 24.8 Å². The summed E-state index contributed by atoms with van der Waals surface area (Å²) >= 11 is 0. The van der Waals surface area contributed by atoms with E-state index in [-0.39, 0.29) is 0 Å². The summed E-state index contributed by atoms with van der Waals surface area (Å²) < 4.78 is 0. The standard InChI is InChI=1S/C14H20N4O/c15-12-10-16-4-3-13(12)17-5-7-18(8-6-17)14(19)9-11-1-2-11/h3-4,10-11H,1-2,5-9,15H2. The summed E-state index contributed by atoms with van der Waals surface area (Å²) in [6.45, 7) is 3.30. The van der Waals surface area contributed by atoms with E-state index in [1.165, 1.54) is 12.8 Å². The van der Waals surface area contributed by atoms with Crippen molar-refractivity contribution in [2.75, 3.05) is 36.8 Å². The van der Waals surface area contributed by atoms with Crippen LogP contribution >= 0.6 is 0 Å². The highest BCUT2D eigenvalue weighted by molar-refractivity contribution is 5.77. The van der Waals surface area contributed by atoms with E-state index in [0.717, 1.165) is 38.3 Å². The number of nitrogens with two attached hydrogens (primary N) is 1. The summed E-state index contributed by atoms with van der Waals surface area (Å²) in [6, 6.07) is 1.94. The fourth-order valence-electron chi connectivity index (χ4n) is 2.58. The molecule has 1 saturated heterocycles. The lowest BCUT2D eigenvalue weighted by Gasteiger charge is -2.36. The van der Waals surface area contributed by atoms with Crippen molar-refractivity contribution in [2.24, 2.45) is 5.92 Å². The van der Waals surface area contributed by atoms with E-state index >= 15 is 0 Å². The molecule has 1 aliphatic carbocycles. The maximum absolute atomic E-state index is 12.0. The third-order valence-corrected chi connectivity index (χ3v) is 3.96. The lowest BCUT2D eigenvalue weighted by Crippen LogP contribution is -2.49. The van der Waals surface area contributed by atoms with E-state index < -0.39 is 0 Å². The number of rotatable bonds is 3. The maximum atomic E-state index is 12.0. The van der Waals surface area contributed by atoms with Crippen molar-refractivity contribution in [2.45, 2.75) is 19.3 Å². The van der Waals surface area contributed by atoms with Gasteiger partial charge in [0.2, 0.25) is 5.91 Å². The van der Waals surface area contributed by atoms with Gasteiger partial charge in [0.05, 0.1) is 17.6 Å². The Labute approximate surface area is 113 Å². The predicted molar refractivity (Wildman–Crippen MR) is 74.8 cm³/mol. The number of carbonyl (C=O) groups is 1. The summed E-state index contributed by atoms with van der Waals surface area (Å²) in [5, 5.41) is 0. The second kappa shape index (κ2) is 5.07. The van der Waals surface area contributed by atoms with Crippen LogP contribution in [-0.2, 0) is 4.79 Å². The van der Waals surface area contributed by atoms with Crippen LogP contribution in [0.3, 0.4) is 0 Å². The molecule has 3 rings (SSSR count). The minimum Gasteiger partial charge on any atom is -0.396 e. The molecule has 2 heterocycles. The summed E-state index contributed by atoms with van der Waals surface area (Å²) in [6.07, 6.45) is 6.66. The van der Waals surface area contributed by atoms with Gasteiger partial charge < -0.3 is 15.5 Å². The van der Waals surface area contributed by atoms with Crippen molar-refractivity contribution >= 4 is 17.3 Å². The number of anilines is 2. The molecular formula is C14H20N4O. The molecule has 2 N–H and O–H groups in total. The molecule has 1 aromatic heterocycles. The van der Waals surface area contributed by atoms with E-state index in [4.69, 9.17) is 5.73 Å². The lowest BCUT2D eigenvalue weighted by atomic mass is 10.2. The molecule has 1 saturated carbocycles. The largest absolute Gasteiger partial charge is 0.396 e. The van der Waals surface area contributed by atoms with Gasteiger partial charge in [0.25, 0.3) is 0 Å². The molecule has 0 aromatic carbocycles. The molecular weight excluding hydrogens is 240 g/mol. The van der Waals surface area contributed by atoms with Crippen LogP contribution in [0.1, 0.15) is 19.3 Å². The first-order chi connectivity index (χ1) is 9.24. The maximum Gasteiger partial charge on any atom is 0.222 e. The molecule has 1 amide bonds. The molecule has 0 spiro atoms. The van der Waals surface area contributed by atoms with Gasteiger partial charge in [0.15, 0.2) is 0 Å². The normalized spacial score (nSPS) is 19.6. The summed E-state index contributed by atoms with van der Waals surface area (Å²) in [5.41, 5.74) is 7.68. The van der Waals surface area contributed by atoms with Crippen molar-refractivity contribution < 1.29 is 4.79 Å². The minimum atomic E-state index is 0.324. The van der Waals surface area contributed by atoms with Crippen molar-refractivity contribution in [3.8, 4) is 0 Å². The molecule has 5 heteroatoms. The van der Waals surface area contributed by atoms with Gasteiger partial charge in [0.1, 0.15) is 0 Å². The van der Waals surface area contributed by atoms with E-state index in [1.54, 1.807) is 12.4 Å². The van der Waals surface area contributed by atoms with Gasteiger partial charge in [-0.3, -0.25) is 9.78 Å². The fraction of sp³-hybridized carbons (Fsp3) is 0.571. The van der Waals surface area contributed by atoms with Crippen LogP contribution in [0, 0.1) is 5.92 Å². The van der Waals surface area contributed by atoms with Crippen LogP contribution in [0.5, 0.6) is 0 Å². The quantitative estimate of drug-likeness (QED) is 0.884. The number of nitrogen functional groups attached to an aromatic ring is 1. The topological polar surface area (TPSA) is 62.5 Å². The summed E-state index contributed by atoms with van der Waals surface area (Å²) in [5.74, 6) is 0.992. The zero-order chi connectivity index (χ0) is 13.2. The Bertz CT molecular complexity index is 464. The SMILES string of the molecule is Nc1cnccc1N1CCN(C(=O)CC2CC2)CC1. The summed E-state index contributed by atoms with van der Waals surface area (Å²) in [4.78, 5) is 20.3. The number of hydrogen-bond donors (Lipinski definition) is 1. The van der Waals surface area contributed by atoms with Crippen LogP contribution in [0.25, 0.3) is 0 Å². The molecule has 102 valence electrons. The number of pyridine rings is 1. The number of piperazine rings is 1.